The third kappa shape index (κ3) is 4.21. The fourth-order valence-corrected chi connectivity index (χ4v) is 4.49. The van der Waals surface area contributed by atoms with E-state index in [0.29, 0.717) is 38.2 Å². The van der Waals surface area contributed by atoms with Crippen LogP contribution in [-0.2, 0) is 11.2 Å². The van der Waals surface area contributed by atoms with Crippen molar-refractivity contribution in [2.24, 2.45) is 11.3 Å². The molecule has 1 atom stereocenters. The molecule has 0 aromatic carbocycles. The monoisotopic (exact) mass is 376 g/mol. The third-order valence-electron chi connectivity index (χ3n) is 6.22. The number of carbonyl (C=O) groups is 2. The van der Waals surface area contributed by atoms with Crippen LogP contribution in [0.5, 0.6) is 0 Å². The van der Waals surface area contributed by atoms with Crippen LogP contribution >= 0.6 is 0 Å². The second kappa shape index (κ2) is 8.46. The highest BCUT2D eigenvalue weighted by Gasteiger charge is 2.41. The molecule has 1 aromatic heterocycles. The van der Waals surface area contributed by atoms with Gasteiger partial charge < -0.3 is 19.3 Å². The molecule has 2 amide bonds. The van der Waals surface area contributed by atoms with E-state index in [0.717, 1.165) is 38.0 Å². The molecule has 0 saturated carbocycles. The molecule has 2 fully saturated rings. The minimum atomic E-state index is -0.114. The van der Waals surface area contributed by atoms with E-state index in [4.69, 9.17) is 4.42 Å². The van der Waals surface area contributed by atoms with Crippen molar-refractivity contribution in [2.75, 3.05) is 32.8 Å². The van der Waals surface area contributed by atoms with Crippen LogP contribution in [-0.4, -0.2) is 59.5 Å². The Balaban J connectivity index is 1.53. The maximum Gasteiger partial charge on any atom is 0.289 e. The number of hydrogen-bond donors (Lipinski definition) is 1. The van der Waals surface area contributed by atoms with Crippen LogP contribution in [0.1, 0.15) is 62.3 Å². The molecule has 0 bridgehead atoms. The highest BCUT2D eigenvalue weighted by Crippen LogP contribution is 2.36. The van der Waals surface area contributed by atoms with Gasteiger partial charge in [-0.1, -0.05) is 20.3 Å². The van der Waals surface area contributed by atoms with Crippen LogP contribution in [0.4, 0.5) is 0 Å². The van der Waals surface area contributed by atoms with Crippen molar-refractivity contribution >= 4 is 11.8 Å². The van der Waals surface area contributed by atoms with E-state index in [1.165, 1.54) is 0 Å². The van der Waals surface area contributed by atoms with Gasteiger partial charge in [-0.15, -0.1) is 0 Å². The Labute approximate surface area is 161 Å². The number of piperidine rings is 1. The summed E-state index contributed by atoms with van der Waals surface area (Å²) in [6.07, 6.45) is 5.04. The highest BCUT2D eigenvalue weighted by molar-refractivity contribution is 5.91. The van der Waals surface area contributed by atoms with Crippen LogP contribution in [0.15, 0.2) is 16.5 Å². The molecule has 1 unspecified atom stereocenters. The second-order valence-corrected chi connectivity index (χ2v) is 8.10. The predicted octanol–water partition coefficient (Wildman–Crippen LogP) is 2.71. The van der Waals surface area contributed by atoms with Crippen LogP contribution in [0, 0.1) is 11.3 Å². The second-order valence-electron chi connectivity index (χ2n) is 8.10. The topological polar surface area (TPSA) is 74.0 Å². The highest BCUT2D eigenvalue weighted by atomic mass is 16.4. The van der Waals surface area contributed by atoms with Crippen molar-refractivity contribution in [3.8, 4) is 0 Å². The van der Waals surface area contributed by atoms with Gasteiger partial charge in [0.15, 0.2) is 5.76 Å². The average molecular weight is 376 g/mol. The summed E-state index contributed by atoms with van der Waals surface area (Å²) >= 11 is 0. The molecule has 6 heteroatoms. The SMILES string of the molecule is CCCC1(CO)CCN(C(=O)C2CCN(C(=O)c3ccc(CC)o3)CC2)C1. The van der Waals surface area contributed by atoms with Gasteiger partial charge in [0.05, 0.1) is 6.61 Å². The summed E-state index contributed by atoms with van der Waals surface area (Å²) in [5.41, 5.74) is -0.114. The fourth-order valence-electron chi connectivity index (χ4n) is 4.49. The van der Waals surface area contributed by atoms with E-state index in [9.17, 15) is 14.7 Å². The van der Waals surface area contributed by atoms with Gasteiger partial charge in [-0.25, -0.2) is 0 Å². The van der Waals surface area contributed by atoms with Crippen LogP contribution < -0.4 is 0 Å². The van der Waals surface area contributed by atoms with Gasteiger partial charge in [-0.2, -0.15) is 0 Å². The standard InChI is InChI=1S/C21H32N2O4/c1-3-9-21(15-24)10-13-23(14-21)19(25)16-7-11-22(12-8-16)20(26)18-6-5-17(4-2)27-18/h5-6,16,24H,3-4,7-15H2,1-2H3. The van der Waals surface area contributed by atoms with Gasteiger partial charge in [0, 0.05) is 43.9 Å². The van der Waals surface area contributed by atoms with E-state index >= 15 is 0 Å². The molecule has 1 aromatic rings. The number of hydrogen-bond acceptors (Lipinski definition) is 4. The molecule has 150 valence electrons. The quantitative estimate of drug-likeness (QED) is 0.828. The molecule has 2 saturated heterocycles. The lowest BCUT2D eigenvalue weighted by Crippen LogP contribution is -2.44. The van der Waals surface area contributed by atoms with Crippen molar-refractivity contribution in [1.29, 1.82) is 0 Å². The molecular weight excluding hydrogens is 344 g/mol. The van der Waals surface area contributed by atoms with Crippen LogP contribution in [0.2, 0.25) is 0 Å². The molecule has 27 heavy (non-hydrogen) atoms. The number of carbonyl (C=O) groups excluding carboxylic acids is 2. The number of aryl methyl sites for hydroxylation is 1. The zero-order valence-electron chi connectivity index (χ0n) is 16.6. The molecular formula is C21H32N2O4. The molecule has 2 aliphatic rings. The van der Waals surface area contributed by atoms with Crippen molar-refractivity contribution < 1.29 is 19.1 Å². The number of furan rings is 1. The van der Waals surface area contributed by atoms with E-state index < -0.39 is 0 Å². The van der Waals surface area contributed by atoms with Crippen molar-refractivity contribution in [3.63, 3.8) is 0 Å². The maximum absolute atomic E-state index is 12.9. The Morgan fingerprint density at radius 1 is 1.19 bits per heavy atom. The number of aliphatic hydroxyl groups is 1. The van der Waals surface area contributed by atoms with E-state index in [1.807, 2.05) is 17.9 Å². The van der Waals surface area contributed by atoms with Gasteiger partial charge >= 0.3 is 0 Å². The van der Waals surface area contributed by atoms with E-state index in [2.05, 4.69) is 6.92 Å². The van der Waals surface area contributed by atoms with Gasteiger partial charge in [0.25, 0.3) is 5.91 Å². The molecule has 0 aliphatic carbocycles. The minimum absolute atomic E-state index is 0.0204. The Morgan fingerprint density at radius 2 is 1.93 bits per heavy atom. The Hall–Kier alpha value is -1.82. The normalized spacial score (nSPS) is 23.8. The lowest BCUT2D eigenvalue weighted by molar-refractivity contribution is -0.136. The summed E-state index contributed by atoms with van der Waals surface area (Å²) in [6.45, 7) is 6.86. The largest absolute Gasteiger partial charge is 0.456 e. The molecule has 2 aliphatic heterocycles. The summed E-state index contributed by atoms with van der Waals surface area (Å²) in [4.78, 5) is 29.2. The van der Waals surface area contributed by atoms with Crippen LogP contribution in [0.3, 0.4) is 0 Å². The van der Waals surface area contributed by atoms with E-state index in [-0.39, 0.29) is 29.8 Å². The lowest BCUT2D eigenvalue weighted by atomic mass is 9.83. The van der Waals surface area contributed by atoms with Gasteiger partial charge in [-0.3, -0.25) is 9.59 Å². The first-order valence-corrected chi connectivity index (χ1v) is 10.3. The van der Waals surface area contributed by atoms with Gasteiger partial charge in [0.2, 0.25) is 5.91 Å². The number of amides is 2. The number of likely N-dealkylation sites (tertiary alicyclic amines) is 2. The smallest absolute Gasteiger partial charge is 0.289 e. The number of nitrogens with zero attached hydrogens (tertiary/aromatic N) is 2. The molecule has 0 spiro atoms. The number of rotatable bonds is 6. The van der Waals surface area contributed by atoms with Crippen molar-refractivity contribution in [2.45, 2.75) is 52.4 Å². The Kier molecular flexibility index (Phi) is 6.25. The summed E-state index contributed by atoms with van der Waals surface area (Å²) in [7, 11) is 0. The first kappa shape index (κ1) is 19.9. The summed E-state index contributed by atoms with van der Waals surface area (Å²) in [5, 5.41) is 9.79. The molecule has 1 N–H and O–H groups in total. The summed E-state index contributed by atoms with van der Waals surface area (Å²) in [5.74, 6) is 1.30. The summed E-state index contributed by atoms with van der Waals surface area (Å²) in [6, 6.07) is 3.59. The number of aliphatic hydroxyl groups excluding tert-OH is 1. The molecule has 0 radical (unpaired) electrons. The lowest BCUT2D eigenvalue weighted by Gasteiger charge is -2.33. The third-order valence-corrected chi connectivity index (χ3v) is 6.22. The fraction of sp³-hybridized carbons (Fsp3) is 0.714. The first-order chi connectivity index (χ1) is 13.0. The Morgan fingerprint density at radius 3 is 2.52 bits per heavy atom. The molecule has 6 nitrogen and oxygen atoms in total. The first-order valence-electron chi connectivity index (χ1n) is 10.3. The van der Waals surface area contributed by atoms with Gasteiger partial charge in [0.1, 0.15) is 5.76 Å². The van der Waals surface area contributed by atoms with Crippen molar-refractivity contribution in [1.82, 2.24) is 9.80 Å². The summed E-state index contributed by atoms with van der Waals surface area (Å²) < 4.78 is 5.57. The zero-order valence-corrected chi connectivity index (χ0v) is 16.6. The molecule has 3 rings (SSSR count). The predicted molar refractivity (Wildman–Crippen MR) is 102 cm³/mol. The van der Waals surface area contributed by atoms with Crippen molar-refractivity contribution in [3.05, 3.63) is 23.7 Å². The maximum atomic E-state index is 12.9. The van der Waals surface area contributed by atoms with E-state index in [1.54, 1.807) is 11.0 Å². The van der Waals surface area contributed by atoms with Gasteiger partial charge in [-0.05, 0) is 37.8 Å². The zero-order chi connectivity index (χ0) is 19.4. The molecule has 3 heterocycles. The average Bonchev–Trinajstić information content (AvgIpc) is 3.35. The van der Waals surface area contributed by atoms with Crippen LogP contribution in [0.25, 0.3) is 0 Å². The minimum Gasteiger partial charge on any atom is -0.456 e. The Bertz CT molecular complexity index is 663.